The van der Waals surface area contributed by atoms with E-state index >= 15 is 0 Å². The van der Waals surface area contributed by atoms with Crippen LogP contribution in [0.15, 0.2) is 59.3 Å². The smallest absolute Gasteiger partial charge is 0.261 e. The van der Waals surface area contributed by atoms with Gasteiger partial charge in [-0.2, -0.15) is 5.10 Å². The number of aromatic nitrogens is 4. The van der Waals surface area contributed by atoms with Crippen molar-refractivity contribution in [2.75, 3.05) is 6.54 Å². The predicted molar refractivity (Wildman–Crippen MR) is 134 cm³/mol. The molecule has 3 aliphatic rings. The fraction of sp³-hybridized carbons (Fsp3) is 0.296. The van der Waals surface area contributed by atoms with E-state index in [1.807, 2.05) is 24.4 Å². The number of hydrogen-bond acceptors (Lipinski definition) is 5. The van der Waals surface area contributed by atoms with Gasteiger partial charge >= 0.3 is 0 Å². The van der Waals surface area contributed by atoms with Crippen molar-refractivity contribution in [2.45, 2.75) is 37.6 Å². The third-order valence-electron chi connectivity index (χ3n) is 7.41. The molecule has 1 aliphatic heterocycles. The van der Waals surface area contributed by atoms with Crippen molar-refractivity contribution in [3.63, 3.8) is 0 Å². The molecule has 0 spiro atoms. The topological polar surface area (TPSA) is 81.0 Å². The molecule has 0 saturated heterocycles. The Balaban J connectivity index is 1.10. The van der Waals surface area contributed by atoms with E-state index < -0.39 is 0 Å². The average molecular weight is 528 g/mol. The van der Waals surface area contributed by atoms with Crippen LogP contribution < -0.4 is 0 Å². The lowest BCUT2D eigenvalue weighted by Crippen LogP contribution is -2.40. The Morgan fingerprint density at radius 1 is 0.943 bits per heavy atom. The Kier molecular flexibility index (Phi) is 4.67. The SMILES string of the molecule is O=C1c2ccccc2C(=O)N1CC1CC(n2cc(-c3cnc4ccc(Br)cc4n3)c(C3CC3)n2)C1. The zero-order valence-electron chi connectivity index (χ0n) is 18.9. The maximum atomic E-state index is 12.7. The van der Waals surface area contributed by atoms with Crippen molar-refractivity contribution in [3.05, 3.63) is 76.2 Å². The number of amides is 2. The molecule has 2 saturated carbocycles. The van der Waals surface area contributed by atoms with Gasteiger partial charge in [0.05, 0.1) is 45.8 Å². The van der Waals surface area contributed by atoms with Gasteiger partial charge in [-0.15, -0.1) is 0 Å². The Morgan fingerprint density at radius 2 is 1.69 bits per heavy atom. The van der Waals surface area contributed by atoms with Gasteiger partial charge in [0.2, 0.25) is 0 Å². The zero-order valence-corrected chi connectivity index (χ0v) is 20.5. The summed E-state index contributed by atoms with van der Waals surface area (Å²) in [4.78, 5) is 36.3. The van der Waals surface area contributed by atoms with Crippen LogP contribution in [0.2, 0.25) is 0 Å². The Labute approximate surface area is 210 Å². The van der Waals surface area contributed by atoms with Gasteiger partial charge in [-0.1, -0.05) is 28.1 Å². The molecule has 3 heterocycles. The Hall–Kier alpha value is -3.39. The van der Waals surface area contributed by atoms with Crippen LogP contribution in [0.25, 0.3) is 22.3 Å². The minimum absolute atomic E-state index is 0.173. The van der Waals surface area contributed by atoms with Gasteiger partial charge < -0.3 is 0 Å². The van der Waals surface area contributed by atoms with E-state index in [4.69, 9.17) is 10.1 Å². The predicted octanol–water partition coefficient (Wildman–Crippen LogP) is 5.38. The first-order chi connectivity index (χ1) is 17.0. The largest absolute Gasteiger partial charge is 0.274 e. The van der Waals surface area contributed by atoms with E-state index in [1.165, 1.54) is 4.90 Å². The molecular formula is C27H22BrN5O2. The van der Waals surface area contributed by atoms with Crippen LogP contribution in [-0.4, -0.2) is 43.0 Å². The molecule has 0 atom stereocenters. The number of rotatable bonds is 5. The van der Waals surface area contributed by atoms with Gasteiger partial charge in [0.25, 0.3) is 11.8 Å². The molecule has 7 rings (SSSR count). The number of fused-ring (bicyclic) bond motifs is 2. The van der Waals surface area contributed by atoms with Crippen LogP contribution in [0, 0.1) is 5.92 Å². The molecule has 2 amide bonds. The van der Waals surface area contributed by atoms with Crippen molar-refractivity contribution in [1.82, 2.24) is 24.6 Å². The van der Waals surface area contributed by atoms with Gasteiger partial charge in [-0.05, 0) is 61.9 Å². The highest BCUT2D eigenvalue weighted by atomic mass is 79.9. The lowest BCUT2D eigenvalue weighted by Gasteiger charge is -2.37. The zero-order chi connectivity index (χ0) is 23.7. The van der Waals surface area contributed by atoms with Gasteiger partial charge in [0, 0.05) is 28.7 Å². The number of nitrogens with zero attached hydrogens (tertiary/aromatic N) is 5. The lowest BCUT2D eigenvalue weighted by atomic mass is 9.80. The molecular weight excluding hydrogens is 506 g/mol. The Morgan fingerprint density at radius 3 is 2.40 bits per heavy atom. The third kappa shape index (κ3) is 3.50. The normalized spacial score (nSPS) is 21.5. The lowest BCUT2D eigenvalue weighted by molar-refractivity contribution is 0.0561. The number of carbonyl (C=O) groups excluding carboxylic acids is 2. The van der Waals surface area contributed by atoms with Gasteiger partial charge in [0.15, 0.2) is 0 Å². The van der Waals surface area contributed by atoms with Crippen LogP contribution in [0.5, 0.6) is 0 Å². The van der Waals surface area contributed by atoms with Gasteiger partial charge in [0.1, 0.15) is 0 Å². The second kappa shape index (κ2) is 7.81. The molecule has 174 valence electrons. The first-order valence-electron chi connectivity index (χ1n) is 12.0. The summed E-state index contributed by atoms with van der Waals surface area (Å²) in [6.07, 6.45) is 8.07. The highest BCUT2D eigenvalue weighted by molar-refractivity contribution is 9.10. The summed E-state index contributed by atoms with van der Waals surface area (Å²) in [6, 6.07) is 13.3. The van der Waals surface area contributed by atoms with Crippen molar-refractivity contribution in [3.8, 4) is 11.3 Å². The molecule has 8 heteroatoms. The Bertz CT molecular complexity index is 1480. The number of halogens is 1. The summed E-state index contributed by atoms with van der Waals surface area (Å²) in [5.41, 5.74) is 5.78. The number of benzene rings is 2. The second-order valence-electron chi connectivity index (χ2n) is 9.83. The van der Waals surface area contributed by atoms with E-state index in [-0.39, 0.29) is 23.8 Å². The molecule has 2 aromatic heterocycles. The molecule has 0 N–H and O–H groups in total. The van der Waals surface area contributed by atoms with Crippen LogP contribution in [0.3, 0.4) is 0 Å². The quantitative estimate of drug-likeness (QED) is 0.325. The first-order valence-corrected chi connectivity index (χ1v) is 12.8. The highest BCUT2D eigenvalue weighted by Gasteiger charge is 2.41. The standard InChI is InChI=1S/C27H22BrN5O2/c28-17-7-8-22-23(11-17)30-24(12-29-22)21-14-33(31-25(21)16-5-6-16)18-9-15(10-18)13-32-26(34)19-3-1-2-4-20(19)27(32)35/h1-4,7-8,11-12,14-16,18H,5-6,9-10,13H2. The van der Waals surface area contributed by atoms with E-state index in [2.05, 4.69) is 31.8 Å². The van der Waals surface area contributed by atoms with E-state index in [0.717, 1.165) is 58.1 Å². The van der Waals surface area contributed by atoms with Crippen LogP contribution in [0.1, 0.15) is 64.1 Å². The molecule has 0 unspecified atom stereocenters. The molecule has 0 radical (unpaired) electrons. The maximum absolute atomic E-state index is 12.7. The minimum Gasteiger partial charge on any atom is -0.274 e. The summed E-state index contributed by atoms with van der Waals surface area (Å²) in [6.45, 7) is 0.470. The molecule has 2 aromatic carbocycles. The monoisotopic (exact) mass is 527 g/mol. The summed E-state index contributed by atoms with van der Waals surface area (Å²) in [7, 11) is 0. The van der Waals surface area contributed by atoms with E-state index in [1.54, 1.807) is 24.3 Å². The average Bonchev–Trinajstić information content (AvgIpc) is 3.55. The van der Waals surface area contributed by atoms with Crippen LogP contribution >= 0.6 is 15.9 Å². The maximum Gasteiger partial charge on any atom is 0.261 e. The molecule has 35 heavy (non-hydrogen) atoms. The minimum atomic E-state index is -0.173. The van der Waals surface area contributed by atoms with Crippen molar-refractivity contribution >= 4 is 38.8 Å². The second-order valence-corrected chi connectivity index (χ2v) is 10.7. The summed E-state index contributed by atoms with van der Waals surface area (Å²) < 4.78 is 3.06. The molecule has 2 fully saturated rings. The van der Waals surface area contributed by atoms with Gasteiger partial charge in [-0.3, -0.25) is 24.2 Å². The summed E-state index contributed by atoms with van der Waals surface area (Å²) >= 11 is 3.52. The fourth-order valence-electron chi connectivity index (χ4n) is 5.29. The fourth-order valence-corrected chi connectivity index (χ4v) is 5.64. The third-order valence-corrected chi connectivity index (χ3v) is 7.90. The highest BCUT2D eigenvalue weighted by Crippen LogP contribution is 2.46. The first kappa shape index (κ1) is 20.9. The van der Waals surface area contributed by atoms with Crippen molar-refractivity contribution in [1.29, 1.82) is 0 Å². The molecule has 0 bridgehead atoms. The molecule has 2 aliphatic carbocycles. The molecule has 7 nitrogen and oxygen atoms in total. The van der Waals surface area contributed by atoms with Gasteiger partial charge in [-0.25, -0.2) is 4.98 Å². The number of imide groups is 1. The van der Waals surface area contributed by atoms with Crippen LogP contribution in [0.4, 0.5) is 0 Å². The van der Waals surface area contributed by atoms with Crippen molar-refractivity contribution in [2.24, 2.45) is 5.92 Å². The van der Waals surface area contributed by atoms with E-state index in [9.17, 15) is 9.59 Å². The van der Waals surface area contributed by atoms with Crippen molar-refractivity contribution < 1.29 is 9.59 Å². The molecule has 4 aromatic rings. The number of hydrogen-bond donors (Lipinski definition) is 0. The number of carbonyl (C=O) groups is 2. The van der Waals surface area contributed by atoms with Crippen LogP contribution in [-0.2, 0) is 0 Å². The summed E-state index contributed by atoms with van der Waals surface area (Å²) in [5.74, 6) is 0.429. The van der Waals surface area contributed by atoms with E-state index in [0.29, 0.717) is 23.6 Å². The summed E-state index contributed by atoms with van der Waals surface area (Å²) in [5, 5.41) is 4.99.